The predicted octanol–water partition coefficient (Wildman–Crippen LogP) is 2.30. The maximum Gasteiger partial charge on any atom is 0.139 e. The fraction of sp³-hybridized carbons (Fsp3) is 0.917. The van der Waals surface area contributed by atoms with Gasteiger partial charge in [-0.2, -0.15) is 0 Å². The molecule has 2 aliphatic rings. The second kappa shape index (κ2) is 3.65. The molecule has 0 aromatic rings. The van der Waals surface area contributed by atoms with Gasteiger partial charge in [-0.1, -0.05) is 19.8 Å². The van der Waals surface area contributed by atoms with Gasteiger partial charge < -0.3 is 5.11 Å². The smallest absolute Gasteiger partial charge is 0.139 e. The van der Waals surface area contributed by atoms with Crippen LogP contribution in [0.25, 0.3) is 0 Å². The molecule has 3 unspecified atom stereocenters. The van der Waals surface area contributed by atoms with Gasteiger partial charge >= 0.3 is 0 Å². The van der Waals surface area contributed by atoms with E-state index in [9.17, 15) is 9.90 Å². The summed E-state index contributed by atoms with van der Waals surface area (Å²) in [6, 6.07) is 0. The van der Waals surface area contributed by atoms with Crippen molar-refractivity contribution in [1.82, 2.24) is 0 Å². The fourth-order valence-electron chi connectivity index (χ4n) is 3.28. The van der Waals surface area contributed by atoms with Crippen LogP contribution in [-0.2, 0) is 4.79 Å². The molecule has 0 radical (unpaired) electrons. The molecular weight excluding hydrogens is 176 g/mol. The van der Waals surface area contributed by atoms with Gasteiger partial charge in [0, 0.05) is 11.8 Å². The minimum atomic E-state index is -0.230. The number of carbonyl (C=O) groups excluding carboxylic acids is 1. The highest BCUT2D eigenvalue weighted by Gasteiger charge is 2.46. The quantitative estimate of drug-likeness (QED) is 0.645. The number of Topliss-reactive ketones (excluding diaryl/α,β-unsaturated/α-hetero) is 1. The summed E-state index contributed by atoms with van der Waals surface area (Å²) in [4.78, 5) is 12.0. The highest BCUT2D eigenvalue weighted by atomic mass is 16.3. The Bertz CT molecular complexity index is 236. The average molecular weight is 196 g/mol. The number of aliphatic hydroxyl groups is 1. The van der Waals surface area contributed by atoms with E-state index in [4.69, 9.17) is 0 Å². The van der Waals surface area contributed by atoms with E-state index < -0.39 is 0 Å². The zero-order valence-electron chi connectivity index (χ0n) is 8.96. The van der Waals surface area contributed by atoms with Gasteiger partial charge in [0.15, 0.2) is 0 Å². The lowest BCUT2D eigenvalue weighted by Crippen LogP contribution is -2.42. The zero-order valence-corrected chi connectivity index (χ0v) is 8.96. The third-order valence-electron chi connectivity index (χ3n) is 4.28. The highest BCUT2D eigenvalue weighted by Crippen LogP contribution is 2.46. The number of hydrogen-bond donors (Lipinski definition) is 1. The maximum atomic E-state index is 12.0. The third kappa shape index (κ3) is 1.50. The van der Waals surface area contributed by atoms with Gasteiger partial charge in [-0.3, -0.25) is 4.79 Å². The summed E-state index contributed by atoms with van der Waals surface area (Å²) in [5.41, 5.74) is -0.200. The van der Waals surface area contributed by atoms with Crippen LogP contribution in [0.1, 0.15) is 51.9 Å². The van der Waals surface area contributed by atoms with Crippen molar-refractivity contribution >= 4 is 5.78 Å². The minimum absolute atomic E-state index is 0.200. The number of hydrogen-bond acceptors (Lipinski definition) is 2. The van der Waals surface area contributed by atoms with Gasteiger partial charge in [-0.05, 0) is 31.6 Å². The first-order chi connectivity index (χ1) is 6.64. The highest BCUT2D eigenvalue weighted by molar-refractivity contribution is 5.85. The summed E-state index contributed by atoms with van der Waals surface area (Å²) in [5.74, 6) is 0.644. The van der Waals surface area contributed by atoms with E-state index in [-0.39, 0.29) is 17.4 Å². The Hall–Kier alpha value is -0.370. The summed E-state index contributed by atoms with van der Waals surface area (Å²) in [6.07, 6.45) is 6.54. The van der Waals surface area contributed by atoms with Crippen LogP contribution in [0.15, 0.2) is 0 Å². The van der Waals surface area contributed by atoms with Crippen molar-refractivity contribution in [3.63, 3.8) is 0 Å². The van der Waals surface area contributed by atoms with Crippen molar-refractivity contribution < 1.29 is 9.90 Å². The molecule has 2 aliphatic carbocycles. The second-order valence-corrected chi connectivity index (χ2v) is 5.15. The summed E-state index contributed by atoms with van der Waals surface area (Å²) in [5, 5.41) is 10.0. The molecule has 80 valence electrons. The van der Waals surface area contributed by atoms with Crippen LogP contribution in [-0.4, -0.2) is 17.0 Å². The molecule has 2 saturated carbocycles. The van der Waals surface area contributed by atoms with Gasteiger partial charge in [-0.15, -0.1) is 0 Å². The predicted molar refractivity (Wildman–Crippen MR) is 54.9 cm³/mol. The average Bonchev–Trinajstić information content (AvgIpc) is 2.27. The van der Waals surface area contributed by atoms with E-state index in [1.165, 1.54) is 6.42 Å². The molecule has 0 amide bonds. The van der Waals surface area contributed by atoms with Gasteiger partial charge in [0.25, 0.3) is 0 Å². The van der Waals surface area contributed by atoms with Crippen molar-refractivity contribution in [2.45, 2.75) is 58.0 Å². The van der Waals surface area contributed by atoms with Crippen molar-refractivity contribution in [2.24, 2.45) is 11.3 Å². The normalized spacial score (nSPS) is 44.3. The van der Waals surface area contributed by atoms with E-state index >= 15 is 0 Å². The van der Waals surface area contributed by atoms with Crippen LogP contribution in [0.2, 0.25) is 0 Å². The van der Waals surface area contributed by atoms with E-state index in [0.717, 1.165) is 32.1 Å². The first-order valence-corrected chi connectivity index (χ1v) is 5.86. The first-order valence-electron chi connectivity index (χ1n) is 5.86. The van der Waals surface area contributed by atoms with Crippen LogP contribution in [0.5, 0.6) is 0 Å². The summed E-state index contributed by atoms with van der Waals surface area (Å²) in [6.45, 7) is 2.08. The van der Waals surface area contributed by atoms with E-state index in [0.29, 0.717) is 12.2 Å². The van der Waals surface area contributed by atoms with Crippen molar-refractivity contribution in [1.29, 1.82) is 0 Å². The molecule has 14 heavy (non-hydrogen) atoms. The Balaban J connectivity index is 2.27. The molecule has 0 saturated heterocycles. The summed E-state index contributed by atoms with van der Waals surface area (Å²) >= 11 is 0. The second-order valence-electron chi connectivity index (χ2n) is 5.15. The molecule has 0 spiro atoms. The molecule has 2 nitrogen and oxygen atoms in total. The SMILES string of the molecule is CC12CCCCC1C(O)CCCC2=O. The lowest BCUT2D eigenvalue weighted by molar-refractivity contribution is -0.134. The van der Waals surface area contributed by atoms with E-state index in [1.54, 1.807) is 0 Å². The molecule has 0 aromatic heterocycles. The van der Waals surface area contributed by atoms with Gasteiger partial charge in [0.1, 0.15) is 5.78 Å². The molecule has 2 rings (SSSR count). The van der Waals surface area contributed by atoms with Gasteiger partial charge in [0.05, 0.1) is 6.10 Å². The minimum Gasteiger partial charge on any atom is -0.393 e. The Morgan fingerprint density at radius 1 is 1.29 bits per heavy atom. The summed E-state index contributed by atoms with van der Waals surface area (Å²) < 4.78 is 0. The van der Waals surface area contributed by atoms with Gasteiger partial charge in [0.2, 0.25) is 0 Å². The monoisotopic (exact) mass is 196 g/mol. The maximum absolute atomic E-state index is 12.0. The van der Waals surface area contributed by atoms with E-state index in [1.807, 2.05) is 0 Å². The number of carbonyl (C=O) groups is 1. The van der Waals surface area contributed by atoms with Crippen molar-refractivity contribution in [3.8, 4) is 0 Å². The van der Waals surface area contributed by atoms with Crippen LogP contribution >= 0.6 is 0 Å². The summed E-state index contributed by atoms with van der Waals surface area (Å²) in [7, 11) is 0. The fourth-order valence-corrected chi connectivity index (χ4v) is 3.28. The van der Waals surface area contributed by atoms with Crippen molar-refractivity contribution in [2.75, 3.05) is 0 Å². The lowest BCUT2D eigenvalue weighted by Gasteiger charge is -2.41. The number of aliphatic hydroxyl groups excluding tert-OH is 1. The molecule has 0 aromatic carbocycles. The lowest BCUT2D eigenvalue weighted by atomic mass is 9.63. The Morgan fingerprint density at radius 3 is 2.86 bits per heavy atom. The number of rotatable bonds is 0. The van der Waals surface area contributed by atoms with Crippen LogP contribution in [0.4, 0.5) is 0 Å². The number of ketones is 1. The molecule has 1 N–H and O–H groups in total. The van der Waals surface area contributed by atoms with Gasteiger partial charge in [-0.25, -0.2) is 0 Å². The first kappa shape index (κ1) is 10.2. The van der Waals surface area contributed by atoms with Crippen LogP contribution < -0.4 is 0 Å². The molecule has 0 aliphatic heterocycles. The Morgan fingerprint density at radius 2 is 2.07 bits per heavy atom. The van der Waals surface area contributed by atoms with Crippen LogP contribution in [0, 0.1) is 11.3 Å². The zero-order chi connectivity index (χ0) is 10.2. The molecule has 3 atom stereocenters. The standard InChI is InChI=1S/C12H20O2/c1-12-8-3-2-5-9(12)10(13)6-4-7-11(12)14/h9-10,13H,2-8H2,1H3. The van der Waals surface area contributed by atoms with Crippen LogP contribution in [0.3, 0.4) is 0 Å². The Kier molecular flexibility index (Phi) is 2.65. The Labute approximate surface area is 85.7 Å². The molecular formula is C12H20O2. The third-order valence-corrected chi connectivity index (χ3v) is 4.28. The largest absolute Gasteiger partial charge is 0.393 e. The van der Waals surface area contributed by atoms with E-state index in [2.05, 4.69) is 6.92 Å². The topological polar surface area (TPSA) is 37.3 Å². The molecule has 2 heteroatoms. The number of fused-ring (bicyclic) bond motifs is 1. The molecule has 0 heterocycles. The molecule has 0 bridgehead atoms. The molecule has 2 fully saturated rings. The van der Waals surface area contributed by atoms with Crippen molar-refractivity contribution in [3.05, 3.63) is 0 Å².